The van der Waals surface area contributed by atoms with Gasteiger partial charge in [-0.25, -0.2) is 9.78 Å². The predicted molar refractivity (Wildman–Crippen MR) is 160 cm³/mol. The van der Waals surface area contributed by atoms with E-state index in [0.29, 0.717) is 16.1 Å². The number of rotatable bonds is 8. The molecule has 0 saturated heterocycles. The third-order valence-electron chi connectivity index (χ3n) is 6.61. The SMILES string of the molecule is CCCc1ccc(-c2cc(C(=O)Nc3scc(-c4ccc(C)cc4)c3C(=O)OCC)c3ccccc3n2)cc1. The molecule has 1 N–H and O–H groups in total. The number of ether oxygens (including phenoxy) is 1. The van der Waals surface area contributed by atoms with Gasteiger partial charge in [-0.05, 0) is 43.5 Å². The minimum absolute atomic E-state index is 0.241. The molecule has 0 aliphatic heterocycles. The van der Waals surface area contributed by atoms with Gasteiger partial charge in [0.05, 0.1) is 23.4 Å². The molecular weight excluding hydrogens is 504 g/mol. The molecule has 1 amide bonds. The normalized spacial score (nSPS) is 10.9. The van der Waals surface area contributed by atoms with E-state index in [0.717, 1.165) is 51.7 Å². The highest BCUT2D eigenvalue weighted by Crippen LogP contribution is 2.37. The van der Waals surface area contributed by atoms with E-state index in [1.807, 2.05) is 66.9 Å². The Kier molecular flexibility index (Phi) is 7.84. The summed E-state index contributed by atoms with van der Waals surface area (Å²) >= 11 is 1.32. The number of aryl methyl sites for hydroxylation is 2. The monoisotopic (exact) mass is 534 g/mol. The molecule has 0 aliphatic carbocycles. The van der Waals surface area contributed by atoms with E-state index in [4.69, 9.17) is 9.72 Å². The van der Waals surface area contributed by atoms with Gasteiger partial charge in [-0.1, -0.05) is 85.6 Å². The van der Waals surface area contributed by atoms with Gasteiger partial charge in [0.2, 0.25) is 0 Å². The topological polar surface area (TPSA) is 68.3 Å². The van der Waals surface area contributed by atoms with Crippen LogP contribution in [0.15, 0.2) is 84.2 Å². The van der Waals surface area contributed by atoms with E-state index < -0.39 is 5.97 Å². The van der Waals surface area contributed by atoms with Crippen LogP contribution in [0.25, 0.3) is 33.3 Å². The molecule has 5 rings (SSSR count). The Hall–Kier alpha value is -4.29. The first kappa shape index (κ1) is 26.3. The fourth-order valence-corrected chi connectivity index (χ4v) is 5.57. The highest BCUT2D eigenvalue weighted by atomic mass is 32.1. The summed E-state index contributed by atoms with van der Waals surface area (Å²) < 4.78 is 5.38. The van der Waals surface area contributed by atoms with Crippen molar-refractivity contribution in [2.24, 2.45) is 0 Å². The maximum absolute atomic E-state index is 13.8. The third-order valence-corrected chi connectivity index (χ3v) is 7.50. The molecule has 5 aromatic rings. The van der Waals surface area contributed by atoms with Gasteiger partial charge in [0.25, 0.3) is 5.91 Å². The highest BCUT2D eigenvalue weighted by Gasteiger charge is 2.24. The number of carbonyl (C=O) groups excluding carboxylic acids is 2. The van der Waals surface area contributed by atoms with Crippen LogP contribution in [0, 0.1) is 6.92 Å². The van der Waals surface area contributed by atoms with Crippen LogP contribution in [-0.2, 0) is 11.2 Å². The minimum Gasteiger partial charge on any atom is -0.462 e. The molecule has 2 aromatic heterocycles. The van der Waals surface area contributed by atoms with E-state index in [1.165, 1.54) is 16.9 Å². The lowest BCUT2D eigenvalue weighted by atomic mass is 10.0. The number of hydrogen-bond acceptors (Lipinski definition) is 5. The Labute approximate surface area is 232 Å². The van der Waals surface area contributed by atoms with Gasteiger partial charge in [-0.3, -0.25) is 4.79 Å². The number of aromatic nitrogens is 1. The number of pyridine rings is 1. The van der Waals surface area contributed by atoms with Gasteiger partial charge >= 0.3 is 5.97 Å². The molecule has 0 atom stereocenters. The molecule has 5 nitrogen and oxygen atoms in total. The molecule has 0 bridgehead atoms. The number of amides is 1. The maximum Gasteiger partial charge on any atom is 0.341 e. The van der Waals surface area contributed by atoms with Crippen molar-refractivity contribution in [3.8, 4) is 22.4 Å². The number of thiophene rings is 1. The summed E-state index contributed by atoms with van der Waals surface area (Å²) in [6.07, 6.45) is 2.10. The third kappa shape index (κ3) is 5.61. The van der Waals surface area contributed by atoms with Crippen molar-refractivity contribution in [1.29, 1.82) is 0 Å². The van der Waals surface area contributed by atoms with E-state index in [-0.39, 0.29) is 12.5 Å². The second kappa shape index (κ2) is 11.6. The Morgan fingerprint density at radius 3 is 2.36 bits per heavy atom. The quantitative estimate of drug-likeness (QED) is 0.203. The molecular formula is C33H30N2O3S. The largest absolute Gasteiger partial charge is 0.462 e. The number of esters is 1. The van der Waals surface area contributed by atoms with E-state index >= 15 is 0 Å². The van der Waals surface area contributed by atoms with Crippen molar-refractivity contribution in [1.82, 2.24) is 4.98 Å². The molecule has 196 valence electrons. The van der Waals surface area contributed by atoms with Crippen LogP contribution in [0.3, 0.4) is 0 Å². The molecule has 0 saturated carbocycles. The second-order valence-electron chi connectivity index (χ2n) is 9.41. The first-order chi connectivity index (χ1) is 19.0. The van der Waals surface area contributed by atoms with Crippen LogP contribution < -0.4 is 5.32 Å². The summed E-state index contributed by atoms with van der Waals surface area (Å²) in [4.78, 5) is 31.7. The summed E-state index contributed by atoms with van der Waals surface area (Å²) in [6.45, 7) is 6.19. The summed E-state index contributed by atoms with van der Waals surface area (Å²) in [5.74, 6) is -0.766. The van der Waals surface area contributed by atoms with Crippen molar-refractivity contribution < 1.29 is 14.3 Å². The van der Waals surface area contributed by atoms with Gasteiger partial charge in [-0.15, -0.1) is 11.3 Å². The van der Waals surface area contributed by atoms with Gasteiger partial charge in [0.15, 0.2) is 0 Å². The zero-order valence-electron chi connectivity index (χ0n) is 22.3. The standard InChI is InChI=1S/C33H30N2O3S/c1-4-8-22-13-17-24(18-14-22)29-19-26(25-9-6-7-10-28(25)34-29)31(36)35-32-30(33(37)38-5-2)27(20-39-32)23-15-11-21(3)12-16-23/h6-7,9-20H,4-5,8H2,1-3H3,(H,35,36). The van der Waals surface area contributed by atoms with Gasteiger partial charge in [0, 0.05) is 21.9 Å². The number of anilines is 1. The van der Waals surface area contributed by atoms with Crippen molar-refractivity contribution in [3.05, 3.63) is 106 Å². The van der Waals surface area contributed by atoms with Crippen LogP contribution in [0.4, 0.5) is 5.00 Å². The van der Waals surface area contributed by atoms with Crippen molar-refractivity contribution >= 4 is 39.1 Å². The molecule has 3 aromatic carbocycles. The molecule has 0 unspecified atom stereocenters. The second-order valence-corrected chi connectivity index (χ2v) is 10.3. The fraction of sp³-hybridized carbons (Fsp3) is 0.182. The number of benzene rings is 3. The zero-order chi connectivity index (χ0) is 27.4. The lowest BCUT2D eigenvalue weighted by Crippen LogP contribution is -2.15. The summed E-state index contributed by atoms with van der Waals surface area (Å²) in [7, 11) is 0. The maximum atomic E-state index is 13.8. The van der Waals surface area contributed by atoms with Crippen molar-refractivity contribution in [3.63, 3.8) is 0 Å². The van der Waals surface area contributed by atoms with E-state index in [2.05, 4.69) is 36.5 Å². The lowest BCUT2D eigenvalue weighted by Gasteiger charge is -2.12. The Bertz CT molecular complexity index is 1640. The van der Waals surface area contributed by atoms with Gasteiger partial charge in [-0.2, -0.15) is 0 Å². The Morgan fingerprint density at radius 2 is 1.64 bits per heavy atom. The number of nitrogens with zero attached hydrogens (tertiary/aromatic N) is 1. The molecule has 0 spiro atoms. The fourth-order valence-electron chi connectivity index (χ4n) is 4.61. The Balaban J connectivity index is 1.55. The molecule has 6 heteroatoms. The number of hydrogen-bond donors (Lipinski definition) is 1. The van der Waals surface area contributed by atoms with Crippen LogP contribution in [0.2, 0.25) is 0 Å². The van der Waals surface area contributed by atoms with Crippen LogP contribution in [0.5, 0.6) is 0 Å². The molecule has 39 heavy (non-hydrogen) atoms. The predicted octanol–water partition coefficient (Wildman–Crippen LogP) is 8.32. The highest BCUT2D eigenvalue weighted by molar-refractivity contribution is 7.15. The minimum atomic E-state index is -0.461. The zero-order valence-corrected chi connectivity index (χ0v) is 23.1. The number of para-hydroxylation sites is 1. The van der Waals surface area contributed by atoms with E-state index in [9.17, 15) is 9.59 Å². The number of carbonyl (C=O) groups is 2. The molecule has 0 radical (unpaired) electrons. The van der Waals surface area contributed by atoms with Crippen molar-refractivity contribution in [2.45, 2.75) is 33.6 Å². The smallest absolute Gasteiger partial charge is 0.341 e. The number of fused-ring (bicyclic) bond motifs is 1. The lowest BCUT2D eigenvalue weighted by molar-refractivity contribution is 0.0529. The first-order valence-electron chi connectivity index (χ1n) is 13.1. The van der Waals surface area contributed by atoms with Gasteiger partial charge < -0.3 is 10.1 Å². The van der Waals surface area contributed by atoms with E-state index in [1.54, 1.807) is 6.92 Å². The van der Waals surface area contributed by atoms with Crippen LogP contribution in [-0.4, -0.2) is 23.5 Å². The average Bonchev–Trinajstić information content (AvgIpc) is 3.37. The molecule has 0 aliphatic rings. The van der Waals surface area contributed by atoms with Crippen LogP contribution >= 0.6 is 11.3 Å². The van der Waals surface area contributed by atoms with Crippen molar-refractivity contribution in [2.75, 3.05) is 11.9 Å². The van der Waals surface area contributed by atoms with Crippen LogP contribution in [0.1, 0.15) is 52.1 Å². The summed E-state index contributed by atoms with van der Waals surface area (Å²) in [5.41, 5.74) is 7.28. The first-order valence-corrected chi connectivity index (χ1v) is 14.0. The summed E-state index contributed by atoms with van der Waals surface area (Å²) in [6, 6.07) is 25.7. The van der Waals surface area contributed by atoms with Gasteiger partial charge in [0.1, 0.15) is 10.6 Å². The number of nitrogens with one attached hydrogen (secondary N) is 1. The average molecular weight is 535 g/mol. The summed E-state index contributed by atoms with van der Waals surface area (Å²) in [5, 5.41) is 6.11. The molecule has 0 fully saturated rings. The molecule has 2 heterocycles. The Morgan fingerprint density at radius 1 is 0.923 bits per heavy atom.